The van der Waals surface area contributed by atoms with E-state index in [-0.39, 0.29) is 50.7 Å². The van der Waals surface area contributed by atoms with Gasteiger partial charge in [0.2, 0.25) is 5.91 Å². The fourth-order valence-corrected chi connectivity index (χ4v) is 4.66. The summed E-state index contributed by atoms with van der Waals surface area (Å²) >= 11 is 0. The Balaban J connectivity index is 1.23. The zero-order valence-electron chi connectivity index (χ0n) is 19.6. The highest BCUT2D eigenvalue weighted by Gasteiger charge is 2.33. The van der Waals surface area contributed by atoms with Gasteiger partial charge in [-0.1, -0.05) is 48.5 Å². The molecule has 0 bridgehead atoms. The largest absolute Gasteiger partial charge is 0.480 e. The van der Waals surface area contributed by atoms with Crippen molar-refractivity contribution in [3.8, 4) is 11.1 Å². The van der Waals surface area contributed by atoms with Crippen LogP contribution in [-0.2, 0) is 23.8 Å². The molecule has 2 aromatic carbocycles. The number of fused-ring (bicyclic) bond motifs is 3. The molecule has 1 saturated heterocycles. The van der Waals surface area contributed by atoms with E-state index in [2.05, 4.69) is 34.9 Å². The molecule has 9 nitrogen and oxygen atoms in total. The summed E-state index contributed by atoms with van der Waals surface area (Å²) in [6.45, 7) is 0.811. The van der Waals surface area contributed by atoms with E-state index in [4.69, 9.17) is 14.2 Å². The van der Waals surface area contributed by atoms with Gasteiger partial charge in [0.1, 0.15) is 12.6 Å². The lowest BCUT2D eigenvalue weighted by atomic mass is 9.98. The van der Waals surface area contributed by atoms with Gasteiger partial charge in [0.05, 0.1) is 18.6 Å². The highest BCUT2D eigenvalue weighted by atomic mass is 16.5. The number of nitrogens with one attached hydrogen (secondary N) is 2. The number of carbonyl (C=O) groups excluding carboxylic acids is 2. The van der Waals surface area contributed by atoms with Crippen molar-refractivity contribution < 1.29 is 33.7 Å². The van der Waals surface area contributed by atoms with Crippen LogP contribution in [0.2, 0.25) is 0 Å². The fourth-order valence-electron chi connectivity index (χ4n) is 4.66. The molecule has 0 saturated carbocycles. The molecule has 9 heteroatoms. The molecule has 3 unspecified atom stereocenters. The molecule has 2 amide bonds. The molecular formula is C26H30N2O7. The van der Waals surface area contributed by atoms with E-state index in [0.29, 0.717) is 6.42 Å². The summed E-state index contributed by atoms with van der Waals surface area (Å²) in [7, 11) is 1.47. The summed E-state index contributed by atoms with van der Waals surface area (Å²) in [6, 6.07) is 15.2. The lowest BCUT2D eigenvalue weighted by Gasteiger charge is -2.17. The Morgan fingerprint density at radius 2 is 1.74 bits per heavy atom. The van der Waals surface area contributed by atoms with Crippen molar-refractivity contribution in [3.63, 3.8) is 0 Å². The molecule has 0 radical (unpaired) electrons. The van der Waals surface area contributed by atoms with Crippen molar-refractivity contribution in [1.29, 1.82) is 0 Å². The van der Waals surface area contributed by atoms with Crippen molar-refractivity contribution in [3.05, 3.63) is 59.7 Å². The molecule has 1 fully saturated rings. The molecule has 1 heterocycles. The summed E-state index contributed by atoms with van der Waals surface area (Å²) in [5.74, 6) is -1.99. The number of carbonyl (C=O) groups is 3. The quantitative estimate of drug-likeness (QED) is 0.476. The minimum Gasteiger partial charge on any atom is -0.480 e. The number of aliphatic carboxylic acids is 1. The average molecular weight is 483 g/mol. The predicted molar refractivity (Wildman–Crippen MR) is 127 cm³/mol. The van der Waals surface area contributed by atoms with E-state index >= 15 is 0 Å². The van der Waals surface area contributed by atoms with E-state index in [0.717, 1.165) is 22.3 Å². The standard InChI is InChI=1S/C26H30N2O7/c1-33-11-10-23(25(30)31)28-24(29)16-12-17(34-14-16)13-27-26(32)35-15-22-20-8-4-2-6-18(20)19-7-3-5-9-21(19)22/h2-9,16-17,22-23H,10-15H2,1H3,(H,27,32)(H,28,29)(H,30,31). The highest BCUT2D eigenvalue weighted by Crippen LogP contribution is 2.44. The zero-order valence-corrected chi connectivity index (χ0v) is 19.6. The first kappa shape index (κ1) is 24.7. The van der Waals surface area contributed by atoms with E-state index in [1.807, 2.05) is 24.3 Å². The Kier molecular flexibility index (Phi) is 7.99. The Morgan fingerprint density at radius 1 is 1.09 bits per heavy atom. The van der Waals surface area contributed by atoms with Crippen molar-refractivity contribution in [2.75, 3.05) is 33.5 Å². The number of carboxylic acid groups (broad SMARTS) is 1. The Bertz CT molecular complexity index is 1030. The van der Waals surface area contributed by atoms with Crippen LogP contribution in [0.3, 0.4) is 0 Å². The van der Waals surface area contributed by atoms with Crippen LogP contribution < -0.4 is 10.6 Å². The minimum absolute atomic E-state index is 0.0238. The van der Waals surface area contributed by atoms with Gasteiger partial charge in [0.25, 0.3) is 0 Å². The first-order valence-corrected chi connectivity index (χ1v) is 11.7. The summed E-state index contributed by atoms with van der Waals surface area (Å²) in [5, 5.41) is 14.5. The van der Waals surface area contributed by atoms with Gasteiger partial charge in [0.15, 0.2) is 0 Å². The van der Waals surface area contributed by atoms with Gasteiger partial charge in [-0.15, -0.1) is 0 Å². The molecule has 2 aliphatic rings. The third-order valence-electron chi connectivity index (χ3n) is 6.49. The summed E-state index contributed by atoms with van der Waals surface area (Å²) in [4.78, 5) is 36.1. The van der Waals surface area contributed by atoms with Crippen LogP contribution in [0.15, 0.2) is 48.5 Å². The van der Waals surface area contributed by atoms with E-state index in [1.165, 1.54) is 7.11 Å². The van der Waals surface area contributed by atoms with Gasteiger partial charge in [-0.3, -0.25) is 4.79 Å². The van der Waals surface area contributed by atoms with Crippen LogP contribution >= 0.6 is 0 Å². The van der Waals surface area contributed by atoms with Crippen molar-refractivity contribution in [2.45, 2.75) is 30.9 Å². The summed E-state index contributed by atoms with van der Waals surface area (Å²) in [6.07, 6.45) is -0.341. The highest BCUT2D eigenvalue weighted by molar-refractivity contribution is 5.85. The van der Waals surface area contributed by atoms with Crippen LogP contribution in [0.1, 0.15) is 29.9 Å². The molecule has 186 valence electrons. The van der Waals surface area contributed by atoms with Crippen molar-refractivity contribution in [1.82, 2.24) is 10.6 Å². The number of benzene rings is 2. The number of ether oxygens (including phenoxy) is 3. The Morgan fingerprint density at radius 3 is 2.37 bits per heavy atom. The maximum atomic E-state index is 12.5. The first-order valence-electron chi connectivity index (χ1n) is 11.7. The predicted octanol–water partition coefficient (Wildman–Crippen LogP) is 2.54. The van der Waals surface area contributed by atoms with Gasteiger partial charge < -0.3 is 30.0 Å². The topological polar surface area (TPSA) is 123 Å². The molecule has 1 aliphatic carbocycles. The molecular weight excluding hydrogens is 452 g/mol. The smallest absolute Gasteiger partial charge is 0.407 e. The van der Waals surface area contributed by atoms with Crippen molar-refractivity contribution >= 4 is 18.0 Å². The Hall–Kier alpha value is -3.43. The second-order valence-electron chi connectivity index (χ2n) is 8.78. The maximum absolute atomic E-state index is 12.5. The van der Waals surface area contributed by atoms with Gasteiger partial charge in [-0.05, 0) is 28.7 Å². The normalized spacial score (nSPS) is 19.5. The van der Waals surface area contributed by atoms with Crippen molar-refractivity contribution in [2.24, 2.45) is 5.92 Å². The van der Waals surface area contributed by atoms with Crippen LogP contribution in [0.25, 0.3) is 11.1 Å². The number of amides is 2. The fraction of sp³-hybridized carbons (Fsp3) is 0.423. The van der Waals surface area contributed by atoms with Gasteiger partial charge >= 0.3 is 12.1 Å². The number of hydrogen-bond donors (Lipinski definition) is 3. The SMILES string of the molecule is COCCC(NC(=O)C1COC(CNC(=O)OCC2c3ccccc3-c3ccccc32)C1)C(=O)O. The monoisotopic (exact) mass is 482 g/mol. The maximum Gasteiger partial charge on any atom is 0.407 e. The van der Waals surface area contributed by atoms with Gasteiger partial charge in [-0.2, -0.15) is 0 Å². The summed E-state index contributed by atoms with van der Waals surface area (Å²) < 4.78 is 16.1. The van der Waals surface area contributed by atoms with Gasteiger partial charge in [0, 0.05) is 32.6 Å². The summed E-state index contributed by atoms with van der Waals surface area (Å²) in [5.41, 5.74) is 4.60. The first-order chi connectivity index (χ1) is 17.0. The Labute approximate surface area is 203 Å². The third kappa shape index (κ3) is 5.80. The van der Waals surface area contributed by atoms with Crippen LogP contribution in [-0.4, -0.2) is 68.7 Å². The number of methoxy groups -OCH3 is 1. The molecule has 3 N–H and O–H groups in total. The lowest BCUT2D eigenvalue weighted by molar-refractivity contribution is -0.143. The van der Waals surface area contributed by atoms with Crippen LogP contribution in [0, 0.1) is 5.92 Å². The lowest BCUT2D eigenvalue weighted by Crippen LogP contribution is -2.44. The average Bonchev–Trinajstić information content (AvgIpc) is 3.47. The second kappa shape index (κ2) is 11.3. The van der Waals surface area contributed by atoms with E-state index < -0.39 is 24.0 Å². The third-order valence-corrected chi connectivity index (χ3v) is 6.49. The molecule has 1 aliphatic heterocycles. The molecule has 2 aromatic rings. The minimum atomic E-state index is -1.11. The molecule has 4 rings (SSSR count). The molecule has 0 spiro atoms. The molecule has 3 atom stereocenters. The number of rotatable bonds is 10. The molecule has 0 aromatic heterocycles. The number of carboxylic acids is 1. The zero-order chi connectivity index (χ0) is 24.8. The second-order valence-corrected chi connectivity index (χ2v) is 8.78. The number of alkyl carbamates (subject to hydrolysis) is 1. The molecule has 35 heavy (non-hydrogen) atoms. The van der Waals surface area contributed by atoms with E-state index in [9.17, 15) is 19.5 Å². The van der Waals surface area contributed by atoms with Gasteiger partial charge in [-0.25, -0.2) is 9.59 Å². The van der Waals surface area contributed by atoms with Crippen LogP contribution in [0.5, 0.6) is 0 Å². The van der Waals surface area contributed by atoms with E-state index in [1.54, 1.807) is 0 Å². The van der Waals surface area contributed by atoms with Crippen LogP contribution in [0.4, 0.5) is 4.79 Å². The number of hydrogen-bond acceptors (Lipinski definition) is 6.